The van der Waals surface area contributed by atoms with Crippen molar-refractivity contribution in [2.45, 2.75) is 19.8 Å². The van der Waals surface area contributed by atoms with Crippen LogP contribution in [0.5, 0.6) is 0 Å². The van der Waals surface area contributed by atoms with E-state index in [2.05, 4.69) is 10.5 Å². The van der Waals surface area contributed by atoms with Crippen LogP contribution in [0, 0.1) is 6.92 Å². The Bertz CT molecular complexity index is 1400. The summed E-state index contributed by atoms with van der Waals surface area (Å²) < 4.78 is 10.6. The number of carbonyl (C=O) groups excluding carboxylic acids is 1. The first-order valence-electron chi connectivity index (χ1n) is 11.1. The molecule has 0 radical (unpaired) electrons. The molecule has 4 aromatic rings. The Labute approximate surface area is 217 Å². The molecule has 7 nitrogen and oxygen atoms in total. The van der Waals surface area contributed by atoms with Crippen molar-refractivity contribution < 1.29 is 24.0 Å². The molecule has 0 saturated heterocycles. The van der Waals surface area contributed by atoms with Crippen molar-refractivity contribution in [2.24, 2.45) is 0 Å². The van der Waals surface area contributed by atoms with E-state index in [0.717, 1.165) is 16.7 Å². The van der Waals surface area contributed by atoms with E-state index in [0.29, 0.717) is 45.6 Å². The lowest BCUT2D eigenvalue weighted by atomic mass is 10.0. The van der Waals surface area contributed by atoms with Gasteiger partial charge in [-0.25, -0.2) is 9.59 Å². The first-order valence-corrected chi connectivity index (χ1v) is 11.8. The normalized spacial score (nSPS) is 10.8. The summed E-state index contributed by atoms with van der Waals surface area (Å²) in [4.78, 5) is 23.7. The highest BCUT2D eigenvalue weighted by molar-refractivity contribution is 6.31. The summed E-state index contributed by atoms with van der Waals surface area (Å²) in [7, 11) is 0. The minimum Gasteiger partial charge on any atom is -0.478 e. The standard InChI is InChI=1S/C27H22Cl2N2O5/c1-16-24(30-27(34)35-13-12-18-4-2-3-5-22(18)28)25(31-36-16)19-8-6-17(7-9-19)14-21-15-20(26(32)33)10-11-23(21)29/h2-11,15H,12-14H2,1H3,(H,30,34)(H,32,33). The number of rotatable bonds is 8. The van der Waals surface area contributed by atoms with Gasteiger partial charge in [0.1, 0.15) is 11.4 Å². The highest BCUT2D eigenvalue weighted by atomic mass is 35.5. The monoisotopic (exact) mass is 524 g/mol. The molecule has 0 atom stereocenters. The van der Waals surface area contributed by atoms with Crippen molar-refractivity contribution in [3.05, 3.63) is 105 Å². The second-order valence-corrected chi connectivity index (χ2v) is 8.86. The van der Waals surface area contributed by atoms with Crippen LogP contribution in [0.4, 0.5) is 10.5 Å². The topological polar surface area (TPSA) is 102 Å². The Balaban J connectivity index is 1.42. The number of aromatic carboxylic acids is 1. The molecule has 0 spiro atoms. The van der Waals surface area contributed by atoms with Gasteiger partial charge in [0.15, 0.2) is 5.76 Å². The van der Waals surface area contributed by atoms with Gasteiger partial charge >= 0.3 is 12.1 Å². The van der Waals surface area contributed by atoms with E-state index in [-0.39, 0.29) is 12.2 Å². The molecule has 9 heteroatoms. The van der Waals surface area contributed by atoms with Gasteiger partial charge in [-0.3, -0.25) is 5.32 Å². The van der Waals surface area contributed by atoms with Crippen molar-refractivity contribution in [2.75, 3.05) is 11.9 Å². The van der Waals surface area contributed by atoms with Gasteiger partial charge in [-0.1, -0.05) is 70.8 Å². The number of benzene rings is 3. The lowest BCUT2D eigenvalue weighted by Crippen LogP contribution is -2.16. The maximum Gasteiger partial charge on any atom is 0.411 e. The molecule has 0 aliphatic rings. The minimum atomic E-state index is -1.01. The first-order chi connectivity index (χ1) is 17.3. The van der Waals surface area contributed by atoms with Crippen LogP contribution in [0.1, 0.15) is 32.8 Å². The Hall–Kier alpha value is -3.81. The van der Waals surface area contributed by atoms with Crippen molar-refractivity contribution in [1.82, 2.24) is 5.16 Å². The molecule has 1 aromatic heterocycles. The summed E-state index contributed by atoms with van der Waals surface area (Å²) in [5, 5.41) is 17.1. The second-order valence-electron chi connectivity index (χ2n) is 8.05. The molecule has 0 bridgehead atoms. The Morgan fingerprint density at radius 3 is 2.44 bits per heavy atom. The van der Waals surface area contributed by atoms with Gasteiger partial charge in [0.25, 0.3) is 0 Å². The van der Waals surface area contributed by atoms with Crippen LogP contribution in [-0.4, -0.2) is 28.9 Å². The average Bonchev–Trinajstić information content (AvgIpc) is 3.22. The molecule has 4 rings (SSSR count). The summed E-state index contributed by atoms with van der Waals surface area (Å²) >= 11 is 12.4. The predicted octanol–water partition coefficient (Wildman–Crippen LogP) is 7.04. The van der Waals surface area contributed by atoms with E-state index in [1.807, 2.05) is 42.5 Å². The number of halogens is 2. The van der Waals surface area contributed by atoms with E-state index in [1.165, 1.54) is 6.07 Å². The molecule has 0 unspecified atom stereocenters. The van der Waals surface area contributed by atoms with Crippen LogP contribution in [0.2, 0.25) is 10.0 Å². The third kappa shape index (κ3) is 6.05. The molecule has 0 aliphatic carbocycles. The number of aryl methyl sites for hydroxylation is 1. The Morgan fingerprint density at radius 1 is 1.00 bits per heavy atom. The number of ether oxygens (including phenoxy) is 1. The number of aromatic nitrogens is 1. The number of carboxylic acid groups (broad SMARTS) is 1. The summed E-state index contributed by atoms with van der Waals surface area (Å²) in [6.07, 6.45) is 0.323. The molecular weight excluding hydrogens is 503 g/mol. The maximum atomic E-state index is 12.4. The highest BCUT2D eigenvalue weighted by Crippen LogP contribution is 2.31. The van der Waals surface area contributed by atoms with Crippen LogP contribution in [0.25, 0.3) is 11.3 Å². The largest absolute Gasteiger partial charge is 0.478 e. The smallest absolute Gasteiger partial charge is 0.411 e. The molecule has 1 amide bonds. The fourth-order valence-electron chi connectivity index (χ4n) is 3.65. The van der Waals surface area contributed by atoms with Crippen LogP contribution in [0.15, 0.2) is 71.3 Å². The SMILES string of the molecule is Cc1onc(-c2ccc(Cc3cc(C(=O)O)ccc3Cl)cc2)c1NC(=O)OCCc1ccccc1Cl. The number of nitrogens with zero attached hydrogens (tertiary/aromatic N) is 1. The quantitative estimate of drug-likeness (QED) is 0.256. The van der Waals surface area contributed by atoms with Crippen LogP contribution < -0.4 is 5.32 Å². The lowest BCUT2D eigenvalue weighted by Gasteiger charge is -2.09. The van der Waals surface area contributed by atoms with Gasteiger partial charge in [0, 0.05) is 22.0 Å². The number of amides is 1. The average molecular weight is 525 g/mol. The molecule has 36 heavy (non-hydrogen) atoms. The molecule has 0 aliphatic heterocycles. The van der Waals surface area contributed by atoms with Crippen molar-refractivity contribution in [3.63, 3.8) is 0 Å². The van der Waals surface area contributed by atoms with Crippen LogP contribution in [-0.2, 0) is 17.6 Å². The zero-order valence-corrected chi connectivity index (χ0v) is 20.8. The van der Waals surface area contributed by atoms with E-state index in [4.69, 9.17) is 32.5 Å². The molecule has 1 heterocycles. The summed E-state index contributed by atoms with van der Waals surface area (Å²) in [6.45, 7) is 1.86. The number of carbonyl (C=O) groups is 2. The van der Waals surface area contributed by atoms with Gasteiger partial charge in [-0.2, -0.15) is 0 Å². The highest BCUT2D eigenvalue weighted by Gasteiger charge is 2.18. The van der Waals surface area contributed by atoms with E-state index < -0.39 is 12.1 Å². The number of hydrogen-bond donors (Lipinski definition) is 2. The summed E-state index contributed by atoms with van der Waals surface area (Å²) in [5.74, 6) is -0.568. The van der Waals surface area contributed by atoms with Crippen molar-refractivity contribution >= 4 is 41.0 Å². The second kappa shape index (κ2) is 11.3. The number of hydrogen-bond acceptors (Lipinski definition) is 5. The van der Waals surface area contributed by atoms with Crippen molar-refractivity contribution in [1.29, 1.82) is 0 Å². The molecular formula is C27H22Cl2N2O5. The predicted molar refractivity (Wildman–Crippen MR) is 138 cm³/mol. The van der Waals surface area contributed by atoms with Gasteiger partial charge in [0.2, 0.25) is 0 Å². The number of anilines is 1. The molecule has 0 fully saturated rings. The fraction of sp³-hybridized carbons (Fsp3) is 0.148. The molecule has 0 saturated carbocycles. The van der Waals surface area contributed by atoms with Gasteiger partial charge in [-0.05, 0) is 54.3 Å². The Morgan fingerprint density at radius 2 is 1.72 bits per heavy atom. The van der Waals surface area contributed by atoms with Crippen LogP contribution >= 0.6 is 23.2 Å². The lowest BCUT2D eigenvalue weighted by molar-refractivity contribution is 0.0696. The van der Waals surface area contributed by atoms with E-state index in [9.17, 15) is 14.7 Å². The van der Waals surface area contributed by atoms with Crippen molar-refractivity contribution in [3.8, 4) is 11.3 Å². The molecule has 3 aromatic carbocycles. The zero-order valence-electron chi connectivity index (χ0n) is 19.3. The minimum absolute atomic E-state index is 0.162. The summed E-state index contributed by atoms with van der Waals surface area (Å²) in [6, 6.07) is 19.5. The van der Waals surface area contributed by atoms with Gasteiger partial charge in [-0.15, -0.1) is 0 Å². The Kier molecular flexibility index (Phi) is 7.93. The fourth-order valence-corrected chi connectivity index (χ4v) is 4.07. The van der Waals surface area contributed by atoms with E-state index >= 15 is 0 Å². The number of carboxylic acids is 1. The first kappa shape index (κ1) is 25.3. The van der Waals surface area contributed by atoms with Crippen LogP contribution in [0.3, 0.4) is 0 Å². The summed E-state index contributed by atoms with van der Waals surface area (Å²) in [5.41, 5.74) is 4.33. The van der Waals surface area contributed by atoms with Gasteiger partial charge in [0.05, 0.1) is 12.2 Å². The number of nitrogens with one attached hydrogen (secondary N) is 1. The van der Waals surface area contributed by atoms with E-state index in [1.54, 1.807) is 25.1 Å². The third-order valence-electron chi connectivity index (χ3n) is 5.57. The maximum absolute atomic E-state index is 12.4. The molecule has 2 N–H and O–H groups in total. The third-order valence-corrected chi connectivity index (χ3v) is 6.30. The molecule has 184 valence electrons. The zero-order chi connectivity index (χ0) is 25.7. The van der Waals surface area contributed by atoms with Gasteiger partial charge < -0.3 is 14.4 Å².